The van der Waals surface area contributed by atoms with Crippen LogP contribution in [0.25, 0.3) is 0 Å². The van der Waals surface area contributed by atoms with Crippen molar-refractivity contribution in [1.82, 2.24) is 0 Å². The maximum atomic E-state index is 12.7. The Morgan fingerprint density at radius 3 is 2.15 bits per heavy atom. The van der Waals surface area contributed by atoms with E-state index in [1.807, 2.05) is 0 Å². The molecule has 1 amide bonds. The van der Waals surface area contributed by atoms with Crippen LogP contribution < -0.4 is 5.32 Å². The zero-order valence-electron chi connectivity index (χ0n) is 13.1. The third-order valence-electron chi connectivity index (χ3n) is 4.31. The number of phenols is 1. The highest BCUT2D eigenvalue weighted by atomic mass is 16.3. The Morgan fingerprint density at radius 2 is 1.75 bits per heavy atom. The van der Waals surface area contributed by atoms with Crippen molar-refractivity contribution in [2.45, 2.75) is 47.5 Å². The number of aromatic hydroxyl groups is 1. The van der Waals surface area contributed by atoms with Crippen LogP contribution >= 0.6 is 0 Å². The van der Waals surface area contributed by atoms with Crippen LogP contribution in [-0.2, 0) is 4.79 Å². The van der Waals surface area contributed by atoms with Gasteiger partial charge >= 0.3 is 0 Å². The average molecular weight is 275 g/mol. The number of anilines is 1. The lowest BCUT2D eigenvalue weighted by Crippen LogP contribution is -2.32. The van der Waals surface area contributed by atoms with E-state index in [4.69, 9.17) is 0 Å². The highest BCUT2D eigenvalue weighted by Gasteiger charge is 2.66. The van der Waals surface area contributed by atoms with E-state index in [2.05, 4.69) is 39.9 Å². The zero-order valence-corrected chi connectivity index (χ0v) is 13.1. The molecular weight excluding hydrogens is 250 g/mol. The van der Waals surface area contributed by atoms with Gasteiger partial charge in [-0.1, -0.05) is 34.6 Å². The van der Waals surface area contributed by atoms with E-state index in [1.165, 1.54) is 0 Å². The summed E-state index contributed by atoms with van der Waals surface area (Å²) in [5.41, 5.74) is 0.647. The number of phenolic OH excluding ortho intramolecular Hbond substituents is 1. The highest BCUT2D eigenvalue weighted by molar-refractivity contribution is 5.98. The lowest BCUT2D eigenvalue weighted by molar-refractivity contribution is -0.123. The third kappa shape index (κ3) is 2.82. The SMILES string of the molecule is CC(C)(C)CC1(C(=O)Nc2ccc(O)cc2)CC1(C)C. The van der Waals surface area contributed by atoms with Gasteiger partial charge in [0, 0.05) is 5.69 Å². The second-order valence-electron chi connectivity index (χ2n) is 7.88. The third-order valence-corrected chi connectivity index (χ3v) is 4.31. The Hall–Kier alpha value is -1.51. The molecule has 0 bridgehead atoms. The standard InChI is InChI=1S/C17H25NO2/c1-15(2,3)10-17(11-16(17,4)5)14(20)18-12-6-8-13(19)9-7-12/h6-9,19H,10-11H2,1-5H3,(H,18,20). The summed E-state index contributed by atoms with van der Waals surface area (Å²) < 4.78 is 0. The van der Waals surface area contributed by atoms with Crippen molar-refractivity contribution in [2.24, 2.45) is 16.2 Å². The van der Waals surface area contributed by atoms with Gasteiger partial charge < -0.3 is 10.4 Å². The number of amides is 1. The highest BCUT2D eigenvalue weighted by Crippen LogP contribution is 2.68. The molecule has 1 aliphatic carbocycles. The van der Waals surface area contributed by atoms with E-state index >= 15 is 0 Å². The fourth-order valence-electron chi connectivity index (χ4n) is 3.18. The van der Waals surface area contributed by atoms with Crippen LogP contribution in [0.1, 0.15) is 47.5 Å². The van der Waals surface area contributed by atoms with E-state index in [0.29, 0.717) is 0 Å². The van der Waals surface area contributed by atoms with Gasteiger partial charge in [-0.25, -0.2) is 0 Å². The second-order valence-corrected chi connectivity index (χ2v) is 7.88. The van der Waals surface area contributed by atoms with Crippen LogP contribution in [-0.4, -0.2) is 11.0 Å². The van der Waals surface area contributed by atoms with Gasteiger partial charge in [-0.15, -0.1) is 0 Å². The summed E-state index contributed by atoms with van der Waals surface area (Å²) in [5.74, 6) is 0.308. The van der Waals surface area contributed by atoms with Crippen molar-refractivity contribution in [3.05, 3.63) is 24.3 Å². The van der Waals surface area contributed by atoms with Crippen molar-refractivity contribution >= 4 is 11.6 Å². The van der Waals surface area contributed by atoms with E-state index in [9.17, 15) is 9.90 Å². The molecule has 1 unspecified atom stereocenters. The molecule has 1 atom stereocenters. The lowest BCUT2D eigenvalue weighted by Gasteiger charge is -2.28. The molecule has 1 fully saturated rings. The van der Waals surface area contributed by atoms with E-state index in [0.717, 1.165) is 18.5 Å². The fourth-order valence-corrected chi connectivity index (χ4v) is 3.18. The Bertz CT molecular complexity index is 511. The van der Waals surface area contributed by atoms with Crippen LogP contribution in [0, 0.1) is 16.2 Å². The molecule has 0 aliphatic heterocycles. The lowest BCUT2D eigenvalue weighted by atomic mass is 9.78. The molecule has 2 rings (SSSR count). The van der Waals surface area contributed by atoms with Gasteiger partial charge in [0.25, 0.3) is 0 Å². The Balaban J connectivity index is 2.15. The summed E-state index contributed by atoms with van der Waals surface area (Å²) in [6, 6.07) is 6.63. The number of hydrogen-bond donors (Lipinski definition) is 2. The number of benzene rings is 1. The van der Waals surface area contributed by atoms with Crippen molar-refractivity contribution in [3.8, 4) is 5.75 Å². The minimum absolute atomic E-state index is 0.0568. The molecule has 110 valence electrons. The first-order valence-electron chi connectivity index (χ1n) is 7.16. The summed E-state index contributed by atoms with van der Waals surface area (Å²) >= 11 is 0. The molecule has 0 aromatic heterocycles. The normalized spacial score (nSPS) is 24.2. The van der Waals surface area contributed by atoms with E-state index < -0.39 is 0 Å². The number of hydrogen-bond acceptors (Lipinski definition) is 2. The maximum absolute atomic E-state index is 12.7. The summed E-state index contributed by atoms with van der Waals surface area (Å²) in [5, 5.41) is 12.3. The van der Waals surface area contributed by atoms with Crippen molar-refractivity contribution < 1.29 is 9.90 Å². The van der Waals surface area contributed by atoms with Gasteiger partial charge in [0.1, 0.15) is 5.75 Å². The number of nitrogens with one attached hydrogen (secondary N) is 1. The molecule has 3 nitrogen and oxygen atoms in total. The van der Waals surface area contributed by atoms with Crippen LogP contribution in [0.3, 0.4) is 0 Å². The van der Waals surface area contributed by atoms with Gasteiger partial charge in [-0.2, -0.15) is 0 Å². The average Bonchev–Trinajstić information content (AvgIpc) is 2.82. The van der Waals surface area contributed by atoms with Gasteiger partial charge in [-0.05, 0) is 47.9 Å². The Morgan fingerprint density at radius 1 is 1.25 bits per heavy atom. The molecule has 1 saturated carbocycles. The fraction of sp³-hybridized carbons (Fsp3) is 0.588. The van der Waals surface area contributed by atoms with Crippen LogP contribution in [0.5, 0.6) is 5.75 Å². The smallest absolute Gasteiger partial charge is 0.231 e. The maximum Gasteiger partial charge on any atom is 0.231 e. The van der Waals surface area contributed by atoms with E-state index in [-0.39, 0.29) is 27.9 Å². The van der Waals surface area contributed by atoms with Crippen molar-refractivity contribution in [3.63, 3.8) is 0 Å². The first kappa shape index (κ1) is 14.9. The molecule has 20 heavy (non-hydrogen) atoms. The number of carbonyl (C=O) groups is 1. The summed E-state index contributed by atoms with van der Waals surface area (Å²) in [6.45, 7) is 10.9. The Labute approximate surface area is 121 Å². The quantitative estimate of drug-likeness (QED) is 0.813. The minimum atomic E-state index is -0.275. The summed E-state index contributed by atoms with van der Waals surface area (Å²) in [6.07, 6.45) is 1.82. The predicted octanol–water partition coefficient (Wildman–Crippen LogP) is 4.18. The largest absolute Gasteiger partial charge is 0.508 e. The molecule has 3 heteroatoms. The van der Waals surface area contributed by atoms with Gasteiger partial charge in [0.05, 0.1) is 5.41 Å². The second kappa shape index (κ2) is 4.51. The number of rotatable bonds is 3. The van der Waals surface area contributed by atoms with Gasteiger partial charge in [0.2, 0.25) is 5.91 Å². The molecule has 2 N–H and O–H groups in total. The van der Waals surface area contributed by atoms with Gasteiger partial charge in [0.15, 0.2) is 0 Å². The van der Waals surface area contributed by atoms with Gasteiger partial charge in [-0.3, -0.25) is 4.79 Å². The molecule has 1 aliphatic rings. The first-order valence-corrected chi connectivity index (χ1v) is 7.16. The molecule has 0 radical (unpaired) electrons. The van der Waals surface area contributed by atoms with Crippen LogP contribution in [0.4, 0.5) is 5.69 Å². The Kier molecular flexibility index (Phi) is 3.35. The minimum Gasteiger partial charge on any atom is -0.508 e. The summed E-state index contributed by atoms with van der Waals surface area (Å²) in [7, 11) is 0. The van der Waals surface area contributed by atoms with Crippen molar-refractivity contribution in [1.29, 1.82) is 0 Å². The molecule has 0 heterocycles. The molecule has 1 aromatic carbocycles. The van der Waals surface area contributed by atoms with E-state index in [1.54, 1.807) is 24.3 Å². The summed E-state index contributed by atoms with van der Waals surface area (Å²) in [4.78, 5) is 12.7. The predicted molar refractivity (Wildman–Crippen MR) is 81.6 cm³/mol. The number of carbonyl (C=O) groups excluding carboxylic acids is 1. The monoisotopic (exact) mass is 275 g/mol. The van der Waals surface area contributed by atoms with Crippen LogP contribution in [0.2, 0.25) is 0 Å². The zero-order chi connectivity index (χ0) is 15.2. The molecule has 0 saturated heterocycles. The molecular formula is C17H25NO2. The van der Waals surface area contributed by atoms with Crippen LogP contribution in [0.15, 0.2) is 24.3 Å². The first-order chi connectivity index (χ1) is 9.06. The topological polar surface area (TPSA) is 49.3 Å². The molecule has 1 aromatic rings. The molecule has 0 spiro atoms. The van der Waals surface area contributed by atoms with Crippen molar-refractivity contribution in [2.75, 3.05) is 5.32 Å².